The number of piperidine rings is 1. The number of aromatic nitrogens is 2. The molecular formula is C19H25N3O3S. The van der Waals surface area contributed by atoms with Crippen LogP contribution in [0.25, 0.3) is 11.0 Å². The first-order chi connectivity index (χ1) is 12.3. The van der Waals surface area contributed by atoms with E-state index in [9.17, 15) is 9.00 Å². The Morgan fingerprint density at radius 1 is 1.27 bits per heavy atom. The van der Waals surface area contributed by atoms with Gasteiger partial charge in [0.25, 0.3) is 0 Å². The number of fused-ring (bicyclic) bond motifs is 1. The van der Waals surface area contributed by atoms with E-state index in [0.29, 0.717) is 17.3 Å². The molecule has 0 bridgehead atoms. The van der Waals surface area contributed by atoms with Crippen molar-refractivity contribution in [3.05, 3.63) is 30.5 Å². The van der Waals surface area contributed by atoms with Gasteiger partial charge >= 0.3 is 6.09 Å². The second-order valence-corrected chi connectivity index (χ2v) is 8.98. The number of nitrogens with zero attached hydrogens (tertiary/aromatic N) is 3. The van der Waals surface area contributed by atoms with E-state index >= 15 is 0 Å². The van der Waals surface area contributed by atoms with E-state index in [2.05, 4.69) is 9.97 Å². The Balaban J connectivity index is 1.73. The van der Waals surface area contributed by atoms with Crippen molar-refractivity contribution in [2.45, 2.75) is 56.7 Å². The topological polar surface area (TPSA) is 72.4 Å². The van der Waals surface area contributed by atoms with Crippen molar-refractivity contribution in [2.24, 2.45) is 0 Å². The molecule has 1 saturated heterocycles. The van der Waals surface area contributed by atoms with Gasteiger partial charge in [0.05, 0.1) is 33.8 Å². The van der Waals surface area contributed by atoms with Crippen LogP contribution in [0.5, 0.6) is 0 Å². The van der Waals surface area contributed by atoms with Gasteiger partial charge in [0.1, 0.15) is 10.6 Å². The summed E-state index contributed by atoms with van der Waals surface area (Å²) >= 11 is 0. The molecule has 1 aliphatic heterocycles. The molecule has 2 aromatic rings. The van der Waals surface area contributed by atoms with E-state index in [1.54, 1.807) is 11.1 Å². The molecule has 0 aliphatic carbocycles. The van der Waals surface area contributed by atoms with Crippen molar-refractivity contribution in [3.63, 3.8) is 0 Å². The zero-order chi connectivity index (χ0) is 18.7. The summed E-state index contributed by atoms with van der Waals surface area (Å²) in [5, 5.41) is 0.457. The van der Waals surface area contributed by atoms with Crippen molar-refractivity contribution in [1.82, 2.24) is 14.9 Å². The minimum absolute atomic E-state index is 0.104. The average Bonchev–Trinajstić information content (AvgIpc) is 2.60. The maximum absolute atomic E-state index is 12.8. The summed E-state index contributed by atoms with van der Waals surface area (Å²) in [6.07, 6.45) is 4.03. The van der Waals surface area contributed by atoms with Gasteiger partial charge in [-0.15, -0.1) is 0 Å². The van der Waals surface area contributed by atoms with Gasteiger partial charge in [-0.25, -0.2) is 9.78 Å². The van der Waals surface area contributed by atoms with Crippen molar-refractivity contribution in [3.8, 4) is 0 Å². The molecule has 0 unspecified atom stereocenters. The van der Waals surface area contributed by atoms with E-state index in [4.69, 9.17) is 4.74 Å². The largest absolute Gasteiger partial charge is 0.444 e. The molecule has 140 valence electrons. The third-order valence-corrected chi connectivity index (χ3v) is 5.61. The van der Waals surface area contributed by atoms with Crippen molar-refractivity contribution in [2.75, 3.05) is 12.3 Å². The molecule has 1 aromatic carbocycles. The summed E-state index contributed by atoms with van der Waals surface area (Å²) in [6.45, 7) is 6.20. The summed E-state index contributed by atoms with van der Waals surface area (Å²) < 4.78 is 18.4. The summed E-state index contributed by atoms with van der Waals surface area (Å²) in [4.78, 5) is 23.0. The van der Waals surface area contributed by atoms with Crippen molar-refractivity contribution < 1.29 is 13.7 Å². The number of carbonyl (C=O) groups is 1. The highest BCUT2D eigenvalue weighted by Gasteiger charge is 2.32. The molecule has 2 atom stereocenters. The summed E-state index contributed by atoms with van der Waals surface area (Å²) in [5.74, 6) is 0.353. The smallest absolute Gasteiger partial charge is 0.410 e. The van der Waals surface area contributed by atoms with E-state index in [1.165, 1.54) is 0 Å². The lowest BCUT2D eigenvalue weighted by Crippen LogP contribution is -2.48. The van der Waals surface area contributed by atoms with Crippen LogP contribution in [0.2, 0.25) is 0 Å². The van der Waals surface area contributed by atoms with Crippen molar-refractivity contribution >= 4 is 27.9 Å². The fraction of sp³-hybridized carbons (Fsp3) is 0.526. The SMILES string of the molecule is CC(C)(C)OC(=O)N1CCCC[C@H]1C[S@](=O)c1cnc2ccccc2n1. The second kappa shape index (κ2) is 7.70. The first-order valence-electron chi connectivity index (χ1n) is 8.93. The Labute approximate surface area is 156 Å². The van der Waals surface area contributed by atoms with Gasteiger partial charge in [0.15, 0.2) is 0 Å². The molecule has 26 heavy (non-hydrogen) atoms. The van der Waals surface area contributed by atoms with Crippen LogP contribution in [0.4, 0.5) is 4.79 Å². The van der Waals surface area contributed by atoms with Gasteiger partial charge in [-0.3, -0.25) is 9.19 Å². The molecule has 1 amide bonds. The first-order valence-corrected chi connectivity index (χ1v) is 10.3. The molecule has 2 heterocycles. The Morgan fingerprint density at radius 2 is 2.00 bits per heavy atom. The monoisotopic (exact) mass is 375 g/mol. The molecule has 3 rings (SSSR count). The highest BCUT2D eigenvalue weighted by atomic mass is 32.2. The van der Waals surface area contributed by atoms with E-state index in [1.807, 2.05) is 45.0 Å². The lowest BCUT2D eigenvalue weighted by atomic mass is 10.0. The Morgan fingerprint density at radius 3 is 2.73 bits per heavy atom. The number of ether oxygens (including phenoxy) is 1. The van der Waals surface area contributed by atoms with E-state index < -0.39 is 16.4 Å². The lowest BCUT2D eigenvalue weighted by Gasteiger charge is -2.36. The fourth-order valence-electron chi connectivity index (χ4n) is 3.04. The van der Waals surface area contributed by atoms with Gasteiger partial charge in [-0.05, 0) is 52.2 Å². The molecule has 1 fully saturated rings. The minimum atomic E-state index is -1.32. The number of benzene rings is 1. The second-order valence-electron chi connectivity index (χ2n) is 7.53. The summed E-state index contributed by atoms with van der Waals surface area (Å²) in [7, 11) is -1.32. The molecule has 0 radical (unpaired) electrons. The molecule has 1 aromatic heterocycles. The minimum Gasteiger partial charge on any atom is -0.444 e. The highest BCUT2D eigenvalue weighted by molar-refractivity contribution is 7.85. The number of rotatable bonds is 3. The number of amides is 1. The Hall–Kier alpha value is -2.02. The molecule has 0 spiro atoms. The standard InChI is InChI=1S/C19H25N3O3S/c1-19(2,3)25-18(23)22-11-7-6-8-14(22)13-26(24)17-12-20-15-9-4-5-10-16(15)21-17/h4-5,9-10,12,14H,6-8,11,13H2,1-3H3/t14-,26-/m0/s1. The lowest BCUT2D eigenvalue weighted by molar-refractivity contribution is 0.0125. The maximum Gasteiger partial charge on any atom is 0.410 e. The van der Waals surface area contributed by atoms with Crippen LogP contribution in [0.1, 0.15) is 40.0 Å². The molecule has 0 N–H and O–H groups in total. The summed E-state index contributed by atoms with van der Waals surface area (Å²) in [6, 6.07) is 7.41. The molecule has 7 heteroatoms. The number of para-hydroxylation sites is 2. The molecule has 1 aliphatic rings. The average molecular weight is 375 g/mol. The number of hydrogen-bond donors (Lipinski definition) is 0. The quantitative estimate of drug-likeness (QED) is 0.821. The number of likely N-dealkylation sites (tertiary alicyclic amines) is 1. The Kier molecular flexibility index (Phi) is 5.55. The van der Waals surface area contributed by atoms with Gasteiger partial charge in [0, 0.05) is 12.6 Å². The predicted molar refractivity (Wildman–Crippen MR) is 101 cm³/mol. The third kappa shape index (κ3) is 4.58. The van der Waals surface area contributed by atoms with Crippen LogP contribution in [0.15, 0.2) is 35.5 Å². The third-order valence-electron chi connectivity index (χ3n) is 4.26. The Bertz CT molecular complexity index is 819. The van der Waals surface area contributed by atoms with Crippen molar-refractivity contribution in [1.29, 1.82) is 0 Å². The van der Waals surface area contributed by atoms with Gasteiger partial charge in [0.2, 0.25) is 0 Å². The van der Waals surface area contributed by atoms with Crippen LogP contribution in [-0.2, 0) is 15.5 Å². The van der Waals surface area contributed by atoms with Crippen LogP contribution in [0.3, 0.4) is 0 Å². The van der Waals surface area contributed by atoms with Gasteiger partial charge < -0.3 is 9.64 Å². The van der Waals surface area contributed by atoms with Crippen LogP contribution >= 0.6 is 0 Å². The first kappa shape index (κ1) is 18.8. The normalized spacial score (nSPS) is 19.3. The van der Waals surface area contributed by atoms with Gasteiger partial charge in [-0.1, -0.05) is 12.1 Å². The van der Waals surface area contributed by atoms with Crippen LogP contribution in [-0.4, -0.2) is 49.1 Å². The number of hydrogen-bond acceptors (Lipinski definition) is 5. The maximum atomic E-state index is 12.8. The molecular weight excluding hydrogens is 350 g/mol. The molecule has 0 saturated carbocycles. The zero-order valence-corrected chi connectivity index (χ0v) is 16.3. The van der Waals surface area contributed by atoms with Crippen LogP contribution < -0.4 is 0 Å². The van der Waals surface area contributed by atoms with E-state index in [-0.39, 0.29) is 12.1 Å². The summed E-state index contributed by atoms with van der Waals surface area (Å²) in [5.41, 5.74) is 0.967. The number of carbonyl (C=O) groups excluding carboxylic acids is 1. The molecule has 6 nitrogen and oxygen atoms in total. The van der Waals surface area contributed by atoms with Gasteiger partial charge in [-0.2, -0.15) is 0 Å². The van der Waals surface area contributed by atoms with Crippen LogP contribution in [0, 0.1) is 0 Å². The van der Waals surface area contributed by atoms with E-state index in [0.717, 1.165) is 30.3 Å². The highest BCUT2D eigenvalue weighted by Crippen LogP contribution is 2.22. The predicted octanol–water partition coefficient (Wildman–Crippen LogP) is 3.53. The fourth-order valence-corrected chi connectivity index (χ4v) is 4.28. The zero-order valence-electron chi connectivity index (χ0n) is 15.5.